The molecule has 2 aliphatic rings. The van der Waals surface area contributed by atoms with Crippen LogP contribution in [0.25, 0.3) is 0 Å². The van der Waals surface area contributed by atoms with Crippen LogP contribution >= 0.6 is 0 Å². The highest BCUT2D eigenvalue weighted by Crippen LogP contribution is 2.48. The van der Waals surface area contributed by atoms with Gasteiger partial charge in [0.2, 0.25) is 5.91 Å². The van der Waals surface area contributed by atoms with Gasteiger partial charge >= 0.3 is 6.03 Å². The smallest absolute Gasteiger partial charge is 0.318 e. The normalized spacial score (nSPS) is 20.7. The summed E-state index contributed by atoms with van der Waals surface area (Å²) >= 11 is 0. The lowest BCUT2D eigenvalue weighted by molar-refractivity contribution is -0.127. The predicted octanol–water partition coefficient (Wildman–Crippen LogP) is 2.91. The molecule has 140 valence electrons. The third-order valence-electron chi connectivity index (χ3n) is 5.74. The van der Waals surface area contributed by atoms with E-state index in [-0.39, 0.29) is 17.4 Å². The fraction of sp³-hybridized carbons (Fsp3) is 0.364. The molecular weight excluding hydrogens is 338 g/mol. The zero-order valence-electron chi connectivity index (χ0n) is 15.6. The van der Waals surface area contributed by atoms with Crippen molar-refractivity contribution in [3.8, 4) is 0 Å². The highest BCUT2D eigenvalue weighted by molar-refractivity contribution is 5.89. The molecule has 0 radical (unpaired) electrons. The summed E-state index contributed by atoms with van der Waals surface area (Å²) < 4.78 is 0. The van der Waals surface area contributed by atoms with Gasteiger partial charge in [-0.2, -0.15) is 0 Å². The second kappa shape index (κ2) is 7.06. The van der Waals surface area contributed by atoms with Gasteiger partial charge in [0.05, 0.1) is 0 Å². The minimum absolute atomic E-state index is 0.0429. The highest BCUT2D eigenvalue weighted by Gasteiger charge is 2.45. The molecule has 4 rings (SSSR count). The van der Waals surface area contributed by atoms with Gasteiger partial charge in [-0.05, 0) is 36.5 Å². The predicted molar refractivity (Wildman–Crippen MR) is 104 cm³/mol. The van der Waals surface area contributed by atoms with Gasteiger partial charge in [-0.15, -0.1) is 0 Å². The van der Waals surface area contributed by atoms with Crippen molar-refractivity contribution in [3.63, 3.8) is 0 Å². The molecule has 2 N–H and O–H groups in total. The van der Waals surface area contributed by atoms with E-state index in [9.17, 15) is 9.59 Å². The molecule has 27 heavy (non-hydrogen) atoms. The molecule has 2 aromatic carbocycles. The molecule has 0 bridgehead atoms. The van der Waals surface area contributed by atoms with E-state index in [0.717, 1.165) is 18.4 Å². The summed E-state index contributed by atoms with van der Waals surface area (Å²) in [5.41, 5.74) is 3.47. The van der Waals surface area contributed by atoms with Gasteiger partial charge in [-0.3, -0.25) is 4.79 Å². The van der Waals surface area contributed by atoms with Crippen LogP contribution in [-0.2, 0) is 10.2 Å². The van der Waals surface area contributed by atoms with Crippen molar-refractivity contribution in [2.45, 2.75) is 31.2 Å². The van der Waals surface area contributed by atoms with E-state index in [1.54, 1.807) is 4.90 Å². The number of hydrogen-bond acceptors (Lipinski definition) is 2. The van der Waals surface area contributed by atoms with Crippen molar-refractivity contribution >= 4 is 11.9 Å². The van der Waals surface area contributed by atoms with Crippen LogP contribution in [0.3, 0.4) is 0 Å². The van der Waals surface area contributed by atoms with Crippen LogP contribution < -0.4 is 10.6 Å². The van der Waals surface area contributed by atoms with Crippen LogP contribution in [0.5, 0.6) is 0 Å². The fourth-order valence-electron chi connectivity index (χ4n) is 4.06. The summed E-state index contributed by atoms with van der Waals surface area (Å²) in [5.74, 6) is -0.123. The quantitative estimate of drug-likeness (QED) is 0.877. The second-order valence-electron chi connectivity index (χ2n) is 7.55. The molecule has 1 saturated carbocycles. The van der Waals surface area contributed by atoms with Crippen molar-refractivity contribution in [3.05, 3.63) is 71.3 Å². The first-order valence-electron chi connectivity index (χ1n) is 9.54. The van der Waals surface area contributed by atoms with Crippen molar-refractivity contribution < 1.29 is 9.59 Å². The molecular formula is C22H25N3O2. The van der Waals surface area contributed by atoms with E-state index < -0.39 is 6.04 Å². The van der Waals surface area contributed by atoms with Crippen LogP contribution in [-0.4, -0.2) is 36.5 Å². The average Bonchev–Trinajstić information content (AvgIpc) is 3.48. The molecule has 5 heteroatoms. The molecule has 5 nitrogen and oxygen atoms in total. The minimum atomic E-state index is -0.575. The number of nitrogens with one attached hydrogen (secondary N) is 2. The largest absolute Gasteiger partial charge is 0.352 e. The van der Waals surface area contributed by atoms with E-state index >= 15 is 0 Å². The van der Waals surface area contributed by atoms with Crippen LogP contribution in [0, 0.1) is 6.92 Å². The number of urea groups is 1. The Bertz CT molecular complexity index is 846. The van der Waals surface area contributed by atoms with E-state index in [1.165, 1.54) is 11.1 Å². The molecule has 1 aliphatic heterocycles. The van der Waals surface area contributed by atoms with Crippen molar-refractivity contribution in [2.24, 2.45) is 0 Å². The van der Waals surface area contributed by atoms with Gasteiger partial charge in [0.15, 0.2) is 0 Å². The number of amides is 3. The third-order valence-corrected chi connectivity index (χ3v) is 5.74. The Morgan fingerprint density at radius 2 is 1.85 bits per heavy atom. The Morgan fingerprint density at radius 1 is 1.15 bits per heavy atom. The van der Waals surface area contributed by atoms with Crippen molar-refractivity contribution in [2.75, 3.05) is 19.6 Å². The Labute approximate surface area is 159 Å². The molecule has 1 heterocycles. The van der Waals surface area contributed by atoms with Crippen molar-refractivity contribution in [1.29, 1.82) is 0 Å². The summed E-state index contributed by atoms with van der Waals surface area (Å²) in [4.78, 5) is 27.1. The minimum Gasteiger partial charge on any atom is -0.352 e. The lowest BCUT2D eigenvalue weighted by Crippen LogP contribution is -2.55. The molecule has 1 atom stereocenters. The summed E-state index contributed by atoms with van der Waals surface area (Å²) in [6.07, 6.45) is 2.17. The van der Waals surface area contributed by atoms with Crippen LogP contribution in [0.1, 0.15) is 35.6 Å². The van der Waals surface area contributed by atoms with Gasteiger partial charge in [0.25, 0.3) is 0 Å². The molecule has 0 spiro atoms. The number of nitrogens with zero attached hydrogens (tertiary/aromatic N) is 1. The number of hydrogen-bond donors (Lipinski definition) is 2. The molecule has 0 aromatic heterocycles. The van der Waals surface area contributed by atoms with Crippen LogP contribution in [0.15, 0.2) is 54.6 Å². The number of carbonyl (C=O) groups excluding carboxylic acids is 2. The van der Waals surface area contributed by atoms with Gasteiger partial charge in [0, 0.05) is 25.0 Å². The number of piperazine rings is 1. The maximum atomic E-state index is 13.0. The average molecular weight is 363 g/mol. The van der Waals surface area contributed by atoms with Gasteiger partial charge in [0.1, 0.15) is 6.04 Å². The lowest BCUT2D eigenvalue weighted by atomic mass is 9.92. The first-order chi connectivity index (χ1) is 13.1. The second-order valence-corrected chi connectivity index (χ2v) is 7.55. The Kier molecular flexibility index (Phi) is 4.60. The van der Waals surface area contributed by atoms with Gasteiger partial charge in [-0.1, -0.05) is 54.6 Å². The van der Waals surface area contributed by atoms with Crippen molar-refractivity contribution in [1.82, 2.24) is 15.5 Å². The first kappa shape index (κ1) is 17.6. The molecule has 1 unspecified atom stereocenters. The van der Waals surface area contributed by atoms with E-state index in [1.807, 2.05) is 36.4 Å². The summed E-state index contributed by atoms with van der Waals surface area (Å²) in [6, 6.07) is 17.1. The lowest BCUT2D eigenvalue weighted by Gasteiger charge is -2.35. The maximum Gasteiger partial charge on any atom is 0.318 e. The topological polar surface area (TPSA) is 61.4 Å². The Morgan fingerprint density at radius 3 is 2.56 bits per heavy atom. The van der Waals surface area contributed by atoms with Gasteiger partial charge < -0.3 is 15.5 Å². The SMILES string of the molecule is Cc1ccccc1C1(CNC(=O)N2CCNC(=O)C2c2ccccc2)CC1. The zero-order chi connectivity index (χ0) is 18.9. The summed E-state index contributed by atoms with van der Waals surface area (Å²) in [5, 5.41) is 5.98. The van der Waals surface area contributed by atoms with Gasteiger partial charge in [-0.25, -0.2) is 4.79 Å². The van der Waals surface area contributed by atoms with E-state index in [4.69, 9.17) is 0 Å². The van der Waals surface area contributed by atoms with E-state index in [2.05, 4.69) is 35.8 Å². The highest BCUT2D eigenvalue weighted by atomic mass is 16.2. The first-order valence-corrected chi connectivity index (χ1v) is 9.54. The van der Waals surface area contributed by atoms with Crippen LogP contribution in [0.4, 0.5) is 4.79 Å². The maximum absolute atomic E-state index is 13.0. The Hall–Kier alpha value is -2.82. The number of aryl methyl sites for hydroxylation is 1. The standard InChI is InChI=1S/C22H25N3O2/c1-16-7-5-6-10-18(16)22(11-12-22)15-24-21(27)25-14-13-23-20(26)19(25)17-8-3-2-4-9-17/h2-10,19H,11-15H2,1H3,(H,23,26)(H,24,27). The summed E-state index contributed by atoms with van der Waals surface area (Å²) in [6.45, 7) is 3.72. The molecule has 3 amide bonds. The van der Waals surface area contributed by atoms with Crippen LogP contribution in [0.2, 0.25) is 0 Å². The molecule has 1 saturated heterocycles. The Balaban J connectivity index is 1.49. The summed E-state index contributed by atoms with van der Waals surface area (Å²) in [7, 11) is 0. The molecule has 1 aliphatic carbocycles. The fourth-order valence-corrected chi connectivity index (χ4v) is 4.06. The third kappa shape index (κ3) is 3.42. The zero-order valence-corrected chi connectivity index (χ0v) is 15.6. The molecule has 2 aromatic rings. The van der Waals surface area contributed by atoms with E-state index in [0.29, 0.717) is 19.6 Å². The number of carbonyl (C=O) groups is 2. The number of rotatable bonds is 4. The molecule has 2 fully saturated rings. The number of benzene rings is 2. The monoisotopic (exact) mass is 363 g/mol.